The summed E-state index contributed by atoms with van der Waals surface area (Å²) in [6, 6.07) is 9.74. The van der Waals surface area contributed by atoms with Crippen LogP contribution < -0.4 is 10.2 Å². The molecule has 1 aliphatic heterocycles. The molecule has 0 bridgehead atoms. The third-order valence-corrected chi connectivity index (χ3v) is 5.01. The van der Waals surface area contributed by atoms with Crippen LogP contribution in [0.4, 0.5) is 24.5 Å². The third kappa shape index (κ3) is 5.55. The van der Waals surface area contributed by atoms with Gasteiger partial charge in [-0.3, -0.25) is 14.4 Å². The smallest absolute Gasteiger partial charge is 0.416 e. The van der Waals surface area contributed by atoms with E-state index in [1.54, 1.807) is 12.1 Å². The van der Waals surface area contributed by atoms with Crippen LogP contribution in [-0.4, -0.2) is 30.9 Å². The minimum atomic E-state index is -4.60. The fourth-order valence-corrected chi connectivity index (χ4v) is 3.31. The average molecular weight is 455 g/mol. The number of halogens is 4. The lowest BCUT2D eigenvalue weighted by molar-refractivity contribution is -0.151. The van der Waals surface area contributed by atoms with E-state index in [1.165, 1.54) is 4.90 Å². The van der Waals surface area contributed by atoms with Gasteiger partial charge in [-0.1, -0.05) is 23.7 Å². The van der Waals surface area contributed by atoms with Crippen molar-refractivity contribution in [1.29, 1.82) is 0 Å². The fourth-order valence-electron chi connectivity index (χ4n) is 3.15. The second-order valence-corrected chi connectivity index (χ2v) is 7.50. The molecule has 2 amide bonds. The topological polar surface area (TPSA) is 75.7 Å². The molecule has 1 heterocycles. The van der Waals surface area contributed by atoms with Crippen molar-refractivity contribution in [1.82, 2.24) is 0 Å². The molecule has 0 saturated carbocycles. The molecule has 0 aromatic heterocycles. The number of hydrogen-bond donors (Lipinski definition) is 1. The largest absolute Gasteiger partial charge is 0.455 e. The normalized spacial score (nSPS) is 16.4. The molecule has 164 valence electrons. The number of nitrogens with one attached hydrogen (secondary N) is 1. The Morgan fingerprint density at radius 3 is 2.65 bits per heavy atom. The van der Waals surface area contributed by atoms with Gasteiger partial charge in [0.1, 0.15) is 0 Å². The highest BCUT2D eigenvalue weighted by Gasteiger charge is 2.36. The molecule has 0 aliphatic carbocycles. The van der Waals surface area contributed by atoms with E-state index >= 15 is 0 Å². The van der Waals surface area contributed by atoms with E-state index in [4.69, 9.17) is 16.3 Å². The zero-order valence-electron chi connectivity index (χ0n) is 16.3. The Bertz CT molecular complexity index is 1030. The second kappa shape index (κ2) is 8.97. The Morgan fingerprint density at radius 1 is 1.23 bits per heavy atom. The first kappa shape index (κ1) is 22.6. The molecule has 2 aromatic carbocycles. The Labute approximate surface area is 180 Å². The Balaban J connectivity index is 1.56. The zero-order chi connectivity index (χ0) is 22.8. The van der Waals surface area contributed by atoms with Crippen LogP contribution in [0.1, 0.15) is 17.5 Å². The van der Waals surface area contributed by atoms with Crippen molar-refractivity contribution in [2.24, 2.45) is 5.92 Å². The zero-order valence-corrected chi connectivity index (χ0v) is 17.1. The van der Waals surface area contributed by atoms with Crippen LogP contribution in [0.15, 0.2) is 42.5 Å². The van der Waals surface area contributed by atoms with Gasteiger partial charge in [-0.05, 0) is 42.8 Å². The SMILES string of the molecule is Cc1cccc(N2C[C@H](C(=O)OCC(=O)Nc3cc(C(F)(F)F)ccc3Cl)CC2=O)c1. The summed E-state index contributed by atoms with van der Waals surface area (Å²) >= 11 is 5.83. The van der Waals surface area contributed by atoms with E-state index in [0.717, 1.165) is 17.7 Å². The van der Waals surface area contributed by atoms with E-state index in [0.29, 0.717) is 11.8 Å². The van der Waals surface area contributed by atoms with Gasteiger partial charge in [-0.15, -0.1) is 0 Å². The monoisotopic (exact) mass is 454 g/mol. The van der Waals surface area contributed by atoms with Gasteiger partial charge in [0.2, 0.25) is 5.91 Å². The molecule has 1 aliphatic rings. The summed E-state index contributed by atoms with van der Waals surface area (Å²) in [4.78, 5) is 38.1. The first-order valence-corrected chi connectivity index (χ1v) is 9.62. The molecule has 1 N–H and O–H groups in total. The number of hydrogen-bond acceptors (Lipinski definition) is 4. The molecule has 0 spiro atoms. The predicted molar refractivity (Wildman–Crippen MR) is 108 cm³/mol. The van der Waals surface area contributed by atoms with Crippen molar-refractivity contribution in [3.63, 3.8) is 0 Å². The molecule has 1 atom stereocenters. The van der Waals surface area contributed by atoms with Gasteiger partial charge in [-0.2, -0.15) is 13.2 Å². The lowest BCUT2D eigenvalue weighted by Crippen LogP contribution is -2.28. The van der Waals surface area contributed by atoms with Crippen molar-refractivity contribution in [2.45, 2.75) is 19.5 Å². The Kier molecular flexibility index (Phi) is 6.54. The van der Waals surface area contributed by atoms with Crippen LogP contribution in [0.25, 0.3) is 0 Å². The van der Waals surface area contributed by atoms with Crippen LogP contribution >= 0.6 is 11.6 Å². The molecule has 31 heavy (non-hydrogen) atoms. The number of benzene rings is 2. The third-order valence-electron chi connectivity index (χ3n) is 4.68. The number of amides is 2. The first-order chi connectivity index (χ1) is 14.5. The average Bonchev–Trinajstić information content (AvgIpc) is 3.09. The minimum Gasteiger partial charge on any atom is -0.455 e. The number of rotatable bonds is 5. The molecule has 10 heteroatoms. The second-order valence-electron chi connectivity index (χ2n) is 7.09. The van der Waals surface area contributed by atoms with E-state index < -0.39 is 36.1 Å². The number of carbonyl (C=O) groups excluding carboxylic acids is 3. The molecule has 0 radical (unpaired) electrons. The highest BCUT2D eigenvalue weighted by Crippen LogP contribution is 2.34. The number of alkyl halides is 3. The van der Waals surface area contributed by atoms with E-state index in [1.807, 2.05) is 19.1 Å². The van der Waals surface area contributed by atoms with Crippen molar-refractivity contribution in [3.05, 3.63) is 58.6 Å². The van der Waals surface area contributed by atoms with Gasteiger partial charge in [0.25, 0.3) is 5.91 Å². The highest BCUT2D eigenvalue weighted by atomic mass is 35.5. The van der Waals surface area contributed by atoms with Crippen LogP contribution in [0.5, 0.6) is 0 Å². The maximum absolute atomic E-state index is 12.8. The number of anilines is 2. The highest BCUT2D eigenvalue weighted by molar-refractivity contribution is 6.33. The van der Waals surface area contributed by atoms with Gasteiger partial charge >= 0.3 is 12.1 Å². The fraction of sp³-hybridized carbons (Fsp3) is 0.286. The summed E-state index contributed by atoms with van der Waals surface area (Å²) in [5.41, 5.74) is 0.391. The van der Waals surface area contributed by atoms with Gasteiger partial charge in [0.05, 0.1) is 22.2 Å². The van der Waals surface area contributed by atoms with Gasteiger partial charge in [0, 0.05) is 18.7 Å². The van der Waals surface area contributed by atoms with E-state index in [2.05, 4.69) is 5.32 Å². The maximum Gasteiger partial charge on any atom is 0.416 e. The molecule has 0 unspecified atom stereocenters. The van der Waals surface area contributed by atoms with E-state index in [-0.39, 0.29) is 29.6 Å². The van der Waals surface area contributed by atoms with Crippen molar-refractivity contribution >= 4 is 40.8 Å². The number of carbonyl (C=O) groups is 3. The number of esters is 1. The van der Waals surface area contributed by atoms with Gasteiger partial charge in [-0.25, -0.2) is 0 Å². The Hall–Kier alpha value is -3.07. The van der Waals surface area contributed by atoms with Crippen LogP contribution in [0.2, 0.25) is 5.02 Å². The van der Waals surface area contributed by atoms with E-state index in [9.17, 15) is 27.6 Å². The summed E-state index contributed by atoms with van der Waals surface area (Å²) < 4.78 is 43.4. The van der Waals surface area contributed by atoms with Crippen LogP contribution in [-0.2, 0) is 25.3 Å². The molecule has 1 saturated heterocycles. The predicted octanol–water partition coefficient (Wildman–Crippen LogP) is 4.20. The summed E-state index contributed by atoms with van der Waals surface area (Å²) in [6.45, 7) is 1.27. The molecule has 1 fully saturated rings. The van der Waals surface area contributed by atoms with Crippen molar-refractivity contribution in [3.8, 4) is 0 Å². The summed E-state index contributed by atoms with van der Waals surface area (Å²) in [6.07, 6.45) is -4.66. The molecule has 3 rings (SSSR count). The minimum absolute atomic E-state index is 0.0617. The standard InChI is InChI=1S/C21H18ClF3N2O4/c1-12-3-2-4-15(7-12)27-10-13(8-19(27)29)20(30)31-11-18(28)26-17-9-14(21(23,24)25)5-6-16(17)22/h2-7,9,13H,8,10-11H2,1H3,(H,26,28)/t13-/m1/s1. The lowest BCUT2D eigenvalue weighted by Gasteiger charge is -2.17. The number of aryl methyl sites for hydroxylation is 1. The van der Waals surface area contributed by atoms with Crippen LogP contribution in [0, 0.1) is 12.8 Å². The van der Waals surface area contributed by atoms with Crippen LogP contribution in [0.3, 0.4) is 0 Å². The summed E-state index contributed by atoms with van der Waals surface area (Å²) in [5.74, 6) is -2.59. The summed E-state index contributed by atoms with van der Waals surface area (Å²) in [5, 5.41) is 2.10. The Morgan fingerprint density at radius 2 is 1.97 bits per heavy atom. The first-order valence-electron chi connectivity index (χ1n) is 9.25. The van der Waals surface area contributed by atoms with Crippen molar-refractivity contribution < 1.29 is 32.3 Å². The molecular weight excluding hydrogens is 437 g/mol. The van der Waals surface area contributed by atoms with Gasteiger partial charge < -0.3 is 15.0 Å². The number of ether oxygens (including phenoxy) is 1. The number of nitrogens with zero attached hydrogens (tertiary/aromatic N) is 1. The lowest BCUT2D eigenvalue weighted by atomic mass is 10.1. The molecule has 6 nitrogen and oxygen atoms in total. The molecule has 2 aromatic rings. The summed E-state index contributed by atoms with van der Waals surface area (Å²) in [7, 11) is 0. The van der Waals surface area contributed by atoms with Crippen molar-refractivity contribution in [2.75, 3.05) is 23.4 Å². The maximum atomic E-state index is 12.8. The van der Waals surface area contributed by atoms with Gasteiger partial charge in [0.15, 0.2) is 6.61 Å². The quantitative estimate of drug-likeness (QED) is 0.687. The molecular formula is C21H18ClF3N2O4.